The molecule has 0 N–H and O–H groups in total. The van der Waals surface area contributed by atoms with Gasteiger partial charge >= 0.3 is 0 Å². The quantitative estimate of drug-likeness (QED) is 0.740. The van der Waals surface area contributed by atoms with E-state index in [9.17, 15) is 9.18 Å². The molecule has 1 saturated heterocycles. The molecule has 0 radical (unpaired) electrons. The molecule has 0 spiro atoms. The lowest BCUT2D eigenvalue weighted by atomic mass is 10.1. The third-order valence-corrected chi connectivity index (χ3v) is 3.13. The lowest BCUT2D eigenvalue weighted by Crippen LogP contribution is -2.11. The molecule has 2 aromatic rings. The number of halogens is 1. The highest BCUT2D eigenvalue weighted by Gasteiger charge is 2.39. The minimum absolute atomic E-state index is 0.108. The average molecular weight is 241 g/mol. The van der Waals surface area contributed by atoms with Crippen LogP contribution in [0, 0.1) is 5.82 Å². The maximum atomic E-state index is 13.1. The van der Waals surface area contributed by atoms with Crippen molar-refractivity contribution in [3.63, 3.8) is 0 Å². The maximum absolute atomic E-state index is 13.1. The highest BCUT2D eigenvalue weighted by Crippen LogP contribution is 2.35. The van der Waals surface area contributed by atoms with Crippen LogP contribution in [0.15, 0.2) is 54.6 Å². The van der Waals surface area contributed by atoms with E-state index in [4.69, 9.17) is 0 Å². The number of benzene rings is 2. The molecule has 3 heteroatoms. The van der Waals surface area contributed by atoms with Crippen molar-refractivity contribution in [2.45, 2.75) is 6.04 Å². The smallest absolute Gasteiger partial charge is 0.254 e. The second kappa shape index (κ2) is 4.26. The SMILES string of the molecule is O=C(c1cccc(F)c1)N1CC1c1ccccc1. The van der Waals surface area contributed by atoms with E-state index >= 15 is 0 Å². The van der Waals surface area contributed by atoms with E-state index in [1.165, 1.54) is 12.1 Å². The normalized spacial score (nSPS) is 17.6. The molecule has 1 atom stereocenters. The molecule has 2 aromatic carbocycles. The first kappa shape index (κ1) is 11.0. The molecule has 0 aliphatic carbocycles. The molecule has 0 saturated carbocycles. The molecular formula is C15H12FNO. The first-order valence-corrected chi connectivity index (χ1v) is 5.87. The minimum atomic E-state index is -0.376. The summed E-state index contributed by atoms with van der Waals surface area (Å²) in [6.07, 6.45) is 0. The summed E-state index contributed by atoms with van der Waals surface area (Å²) >= 11 is 0. The predicted octanol–water partition coefficient (Wildman–Crippen LogP) is 3.02. The Morgan fingerprint density at radius 1 is 1.11 bits per heavy atom. The molecule has 3 rings (SSSR count). The lowest BCUT2D eigenvalue weighted by Gasteiger charge is -2.04. The predicted molar refractivity (Wildman–Crippen MR) is 66.6 cm³/mol. The van der Waals surface area contributed by atoms with Crippen LogP contribution in [-0.2, 0) is 0 Å². The van der Waals surface area contributed by atoms with E-state index in [1.807, 2.05) is 30.3 Å². The molecule has 1 fully saturated rings. The molecule has 1 aliphatic heterocycles. The van der Waals surface area contributed by atoms with Crippen molar-refractivity contribution >= 4 is 5.91 Å². The molecular weight excluding hydrogens is 229 g/mol. The van der Waals surface area contributed by atoms with Gasteiger partial charge in [0.2, 0.25) is 0 Å². The summed E-state index contributed by atoms with van der Waals surface area (Å²) in [4.78, 5) is 13.8. The van der Waals surface area contributed by atoms with Crippen molar-refractivity contribution in [2.75, 3.05) is 6.54 Å². The summed E-state index contributed by atoms with van der Waals surface area (Å²) in [6.45, 7) is 0.708. The van der Waals surface area contributed by atoms with Crippen LogP contribution in [0.2, 0.25) is 0 Å². The van der Waals surface area contributed by atoms with Crippen LogP contribution >= 0.6 is 0 Å². The van der Waals surface area contributed by atoms with Gasteiger partial charge in [0.05, 0.1) is 6.04 Å². The zero-order chi connectivity index (χ0) is 12.5. The average Bonchev–Trinajstić information content (AvgIpc) is 3.19. The summed E-state index contributed by atoms with van der Waals surface area (Å²) in [5, 5.41) is 0. The summed E-state index contributed by atoms with van der Waals surface area (Å²) < 4.78 is 13.1. The van der Waals surface area contributed by atoms with Crippen LogP contribution in [-0.4, -0.2) is 17.4 Å². The molecule has 90 valence electrons. The van der Waals surface area contributed by atoms with Gasteiger partial charge in [-0.2, -0.15) is 0 Å². The van der Waals surface area contributed by atoms with Crippen molar-refractivity contribution in [3.05, 3.63) is 71.5 Å². The molecule has 18 heavy (non-hydrogen) atoms. The number of rotatable bonds is 2. The van der Waals surface area contributed by atoms with Crippen molar-refractivity contribution in [1.29, 1.82) is 0 Å². The number of carbonyl (C=O) groups is 1. The standard InChI is InChI=1S/C15H12FNO/c16-13-8-4-7-12(9-13)15(18)17-10-14(17)11-5-2-1-3-6-11/h1-9,14H,10H2. The molecule has 1 aliphatic rings. The fraction of sp³-hybridized carbons (Fsp3) is 0.133. The van der Waals surface area contributed by atoms with Crippen LogP contribution in [0.4, 0.5) is 4.39 Å². The van der Waals surface area contributed by atoms with Gasteiger partial charge in [0.15, 0.2) is 0 Å². The van der Waals surface area contributed by atoms with Gasteiger partial charge in [-0.25, -0.2) is 4.39 Å². The molecule has 0 aromatic heterocycles. The Bertz CT molecular complexity index is 582. The van der Waals surface area contributed by atoms with Crippen molar-refractivity contribution < 1.29 is 9.18 Å². The fourth-order valence-electron chi connectivity index (χ4n) is 2.11. The van der Waals surface area contributed by atoms with E-state index in [2.05, 4.69) is 0 Å². The first-order chi connectivity index (χ1) is 8.75. The number of hydrogen-bond acceptors (Lipinski definition) is 1. The Balaban J connectivity index is 1.77. The Hall–Kier alpha value is -2.16. The van der Waals surface area contributed by atoms with Crippen molar-refractivity contribution in [1.82, 2.24) is 4.90 Å². The number of carbonyl (C=O) groups excluding carboxylic acids is 1. The van der Waals surface area contributed by atoms with E-state index in [1.54, 1.807) is 17.0 Å². The monoisotopic (exact) mass is 241 g/mol. The largest absolute Gasteiger partial charge is 0.327 e. The Kier molecular flexibility index (Phi) is 2.59. The van der Waals surface area contributed by atoms with Crippen molar-refractivity contribution in [2.24, 2.45) is 0 Å². The zero-order valence-electron chi connectivity index (χ0n) is 9.71. The number of nitrogens with zero attached hydrogens (tertiary/aromatic N) is 1. The Labute approximate surface area is 105 Å². The molecule has 2 nitrogen and oxygen atoms in total. The third-order valence-electron chi connectivity index (χ3n) is 3.13. The van der Waals surface area contributed by atoms with Crippen LogP contribution < -0.4 is 0 Å². The summed E-state index contributed by atoms with van der Waals surface area (Å²) in [6, 6.07) is 15.8. The Morgan fingerprint density at radius 3 is 2.61 bits per heavy atom. The van der Waals surface area contributed by atoms with E-state index in [0.717, 1.165) is 5.56 Å². The van der Waals surface area contributed by atoms with Gasteiger partial charge in [-0.3, -0.25) is 4.79 Å². The van der Waals surface area contributed by atoms with Gasteiger partial charge in [-0.1, -0.05) is 36.4 Å². The maximum Gasteiger partial charge on any atom is 0.254 e. The highest BCUT2D eigenvalue weighted by molar-refractivity contribution is 5.96. The van der Waals surface area contributed by atoms with Gasteiger partial charge in [0.1, 0.15) is 5.82 Å². The van der Waals surface area contributed by atoms with Gasteiger partial charge in [0, 0.05) is 12.1 Å². The lowest BCUT2D eigenvalue weighted by molar-refractivity contribution is 0.0873. The second-order valence-electron chi connectivity index (χ2n) is 4.39. The van der Waals surface area contributed by atoms with Gasteiger partial charge in [-0.05, 0) is 23.8 Å². The zero-order valence-corrected chi connectivity index (χ0v) is 9.71. The van der Waals surface area contributed by atoms with Crippen LogP contribution in [0.25, 0.3) is 0 Å². The Morgan fingerprint density at radius 2 is 1.89 bits per heavy atom. The molecule has 1 unspecified atom stereocenters. The fourth-order valence-corrected chi connectivity index (χ4v) is 2.11. The second-order valence-corrected chi connectivity index (χ2v) is 4.39. The third kappa shape index (κ3) is 1.99. The highest BCUT2D eigenvalue weighted by atomic mass is 19.1. The number of amides is 1. The van der Waals surface area contributed by atoms with Gasteiger partial charge in [-0.15, -0.1) is 0 Å². The van der Waals surface area contributed by atoms with E-state index in [-0.39, 0.29) is 17.8 Å². The van der Waals surface area contributed by atoms with Gasteiger partial charge < -0.3 is 4.90 Å². The molecule has 1 amide bonds. The number of hydrogen-bond donors (Lipinski definition) is 0. The first-order valence-electron chi connectivity index (χ1n) is 5.87. The van der Waals surface area contributed by atoms with Gasteiger partial charge in [0.25, 0.3) is 5.91 Å². The summed E-state index contributed by atoms with van der Waals surface area (Å²) in [7, 11) is 0. The minimum Gasteiger partial charge on any atom is -0.327 e. The van der Waals surface area contributed by atoms with E-state index < -0.39 is 0 Å². The summed E-state index contributed by atoms with van der Waals surface area (Å²) in [5.41, 5.74) is 1.54. The molecule has 0 bridgehead atoms. The van der Waals surface area contributed by atoms with Crippen molar-refractivity contribution in [3.8, 4) is 0 Å². The van der Waals surface area contributed by atoms with E-state index in [0.29, 0.717) is 12.1 Å². The topological polar surface area (TPSA) is 20.1 Å². The van der Waals surface area contributed by atoms with Crippen LogP contribution in [0.1, 0.15) is 22.0 Å². The molecule has 1 heterocycles. The van der Waals surface area contributed by atoms with Crippen LogP contribution in [0.5, 0.6) is 0 Å². The summed E-state index contributed by atoms with van der Waals surface area (Å²) in [5.74, 6) is -0.484. The van der Waals surface area contributed by atoms with Crippen LogP contribution in [0.3, 0.4) is 0 Å².